The van der Waals surface area contributed by atoms with E-state index in [9.17, 15) is 14.7 Å². The number of aliphatic hydroxyl groups is 1. The molecule has 0 saturated carbocycles. The first-order valence-corrected chi connectivity index (χ1v) is 7.91. The first kappa shape index (κ1) is 18.4. The Kier molecular flexibility index (Phi) is 9.97. The molecule has 1 N–H and O–H groups in total. The molecule has 0 rings (SSSR count). The minimum absolute atomic E-state index is 0.0278. The summed E-state index contributed by atoms with van der Waals surface area (Å²) < 4.78 is 4.85. The van der Waals surface area contributed by atoms with Gasteiger partial charge in [0, 0.05) is 6.42 Å². The molecule has 19 heavy (non-hydrogen) atoms. The first-order valence-electron chi connectivity index (χ1n) is 6.92. The Labute approximate surface area is 120 Å². The van der Waals surface area contributed by atoms with Crippen LogP contribution >= 0.6 is 11.8 Å². The zero-order valence-electron chi connectivity index (χ0n) is 12.3. The van der Waals surface area contributed by atoms with Crippen molar-refractivity contribution in [3.05, 3.63) is 0 Å². The fourth-order valence-corrected chi connectivity index (χ4v) is 2.64. The molecular formula is C14H26O4S. The second-order valence-corrected chi connectivity index (χ2v) is 6.17. The van der Waals surface area contributed by atoms with E-state index in [2.05, 4.69) is 0 Å². The predicted molar refractivity (Wildman–Crippen MR) is 78.0 cm³/mol. The summed E-state index contributed by atoms with van der Waals surface area (Å²) in [6, 6.07) is 0. The Morgan fingerprint density at radius 2 is 1.89 bits per heavy atom. The molecular weight excluding hydrogens is 264 g/mol. The van der Waals surface area contributed by atoms with Gasteiger partial charge in [-0.3, -0.25) is 9.59 Å². The molecule has 0 aromatic heterocycles. The summed E-state index contributed by atoms with van der Waals surface area (Å²) in [5.41, 5.74) is 0. The Hall–Kier alpha value is -0.550. The first-order chi connectivity index (χ1) is 8.92. The lowest BCUT2D eigenvalue weighted by molar-refractivity contribution is -0.143. The van der Waals surface area contributed by atoms with Crippen molar-refractivity contribution in [3.8, 4) is 0 Å². The van der Waals surface area contributed by atoms with Crippen molar-refractivity contribution in [1.29, 1.82) is 0 Å². The number of hydrogen-bond donors (Lipinski definition) is 1. The second kappa shape index (κ2) is 10.3. The molecule has 5 heteroatoms. The summed E-state index contributed by atoms with van der Waals surface area (Å²) in [6.07, 6.45) is 0.437. The van der Waals surface area contributed by atoms with Crippen LogP contribution in [0.25, 0.3) is 0 Å². The normalized spacial score (nSPS) is 14.2. The number of esters is 1. The molecule has 0 spiro atoms. The Balaban J connectivity index is 4.49. The maximum Gasteiger partial charge on any atom is 0.305 e. The molecule has 0 radical (unpaired) electrons. The molecule has 0 saturated heterocycles. The number of hydrogen-bond acceptors (Lipinski definition) is 5. The third kappa shape index (κ3) is 8.26. The zero-order chi connectivity index (χ0) is 14.8. The highest BCUT2D eigenvalue weighted by atomic mass is 32.2. The minimum atomic E-state index is -0.680. The van der Waals surface area contributed by atoms with Crippen LogP contribution in [0.1, 0.15) is 47.0 Å². The largest absolute Gasteiger partial charge is 0.466 e. The van der Waals surface area contributed by atoms with E-state index >= 15 is 0 Å². The van der Waals surface area contributed by atoms with Gasteiger partial charge in [0.05, 0.1) is 18.6 Å². The summed E-state index contributed by atoms with van der Waals surface area (Å²) in [5, 5.41) is 10.1. The van der Waals surface area contributed by atoms with E-state index in [1.54, 1.807) is 6.92 Å². The summed E-state index contributed by atoms with van der Waals surface area (Å²) in [5.74, 6) is 0.221. The number of carbonyl (C=O) groups excluding carboxylic acids is 2. The van der Waals surface area contributed by atoms with Gasteiger partial charge >= 0.3 is 5.97 Å². The van der Waals surface area contributed by atoms with Crippen LogP contribution in [0.15, 0.2) is 0 Å². The Morgan fingerprint density at radius 3 is 2.37 bits per heavy atom. The fourth-order valence-electron chi connectivity index (χ4n) is 1.87. The molecule has 0 aliphatic carbocycles. The molecule has 0 unspecified atom stereocenters. The predicted octanol–water partition coefficient (Wildman–Crippen LogP) is 2.63. The number of carbonyl (C=O) groups is 2. The van der Waals surface area contributed by atoms with E-state index < -0.39 is 12.0 Å². The lowest BCUT2D eigenvalue weighted by Crippen LogP contribution is -2.29. The average molecular weight is 290 g/mol. The van der Waals surface area contributed by atoms with Crippen LogP contribution in [-0.2, 0) is 14.3 Å². The molecule has 0 amide bonds. The van der Waals surface area contributed by atoms with Crippen molar-refractivity contribution >= 4 is 22.8 Å². The van der Waals surface area contributed by atoms with Gasteiger partial charge in [0.1, 0.15) is 0 Å². The number of rotatable bonds is 9. The molecule has 112 valence electrons. The highest BCUT2D eigenvalue weighted by Crippen LogP contribution is 2.24. The molecule has 4 nitrogen and oxygen atoms in total. The topological polar surface area (TPSA) is 63.6 Å². The maximum atomic E-state index is 12.0. The monoisotopic (exact) mass is 290 g/mol. The summed E-state index contributed by atoms with van der Waals surface area (Å²) in [6.45, 7) is 8.00. The van der Waals surface area contributed by atoms with Gasteiger partial charge in [-0.25, -0.2) is 0 Å². The SMILES string of the molecule is CCOC(=O)CC[C@@H](C(=O)SCC)[C@H](O)CC(C)C. The molecule has 0 aliphatic heterocycles. The van der Waals surface area contributed by atoms with Crippen molar-refractivity contribution in [2.24, 2.45) is 11.8 Å². The van der Waals surface area contributed by atoms with E-state index in [1.165, 1.54) is 11.8 Å². The van der Waals surface area contributed by atoms with Crippen LogP contribution < -0.4 is 0 Å². The van der Waals surface area contributed by atoms with Crippen molar-refractivity contribution in [2.75, 3.05) is 12.4 Å². The van der Waals surface area contributed by atoms with Gasteiger partial charge in [-0.1, -0.05) is 32.5 Å². The third-order valence-electron chi connectivity index (χ3n) is 2.73. The number of aliphatic hydroxyl groups excluding tert-OH is 1. The second-order valence-electron chi connectivity index (χ2n) is 4.90. The smallest absolute Gasteiger partial charge is 0.305 e. The van der Waals surface area contributed by atoms with Gasteiger partial charge in [0.25, 0.3) is 0 Å². The van der Waals surface area contributed by atoms with Crippen molar-refractivity contribution in [2.45, 2.75) is 53.1 Å². The highest BCUT2D eigenvalue weighted by molar-refractivity contribution is 8.13. The van der Waals surface area contributed by atoms with Crippen molar-refractivity contribution < 1.29 is 19.4 Å². The third-order valence-corrected chi connectivity index (χ3v) is 3.61. The van der Waals surface area contributed by atoms with E-state index in [1.807, 2.05) is 20.8 Å². The van der Waals surface area contributed by atoms with Gasteiger partial charge in [0.2, 0.25) is 0 Å². The van der Waals surface area contributed by atoms with Gasteiger partial charge in [0.15, 0.2) is 5.12 Å². The zero-order valence-corrected chi connectivity index (χ0v) is 13.2. The van der Waals surface area contributed by atoms with Crippen LogP contribution in [0.2, 0.25) is 0 Å². The lowest BCUT2D eigenvalue weighted by Gasteiger charge is -2.22. The van der Waals surface area contributed by atoms with Gasteiger partial charge in [-0.15, -0.1) is 0 Å². The summed E-state index contributed by atoms with van der Waals surface area (Å²) in [7, 11) is 0. The van der Waals surface area contributed by atoms with Crippen LogP contribution in [0.3, 0.4) is 0 Å². The van der Waals surface area contributed by atoms with Crippen LogP contribution in [0.4, 0.5) is 0 Å². The quantitative estimate of drug-likeness (QED) is 0.661. The molecule has 0 heterocycles. The molecule has 0 fully saturated rings. The molecule has 0 aromatic carbocycles. The number of ether oxygens (including phenoxy) is 1. The average Bonchev–Trinajstić information content (AvgIpc) is 2.28. The Morgan fingerprint density at radius 1 is 1.26 bits per heavy atom. The minimum Gasteiger partial charge on any atom is -0.466 e. The van der Waals surface area contributed by atoms with Gasteiger partial charge < -0.3 is 9.84 Å². The molecule has 0 aromatic rings. The van der Waals surface area contributed by atoms with Crippen molar-refractivity contribution in [1.82, 2.24) is 0 Å². The highest BCUT2D eigenvalue weighted by Gasteiger charge is 2.27. The molecule has 0 bridgehead atoms. The van der Waals surface area contributed by atoms with E-state index in [0.29, 0.717) is 31.1 Å². The number of thioether (sulfide) groups is 1. The summed E-state index contributed by atoms with van der Waals surface area (Å²) >= 11 is 1.21. The molecule has 0 aliphatic rings. The van der Waals surface area contributed by atoms with Crippen LogP contribution in [0, 0.1) is 11.8 Å². The maximum absolute atomic E-state index is 12.0. The fraction of sp³-hybridized carbons (Fsp3) is 0.857. The Bertz CT molecular complexity index is 279. The van der Waals surface area contributed by atoms with Gasteiger partial charge in [-0.05, 0) is 31.4 Å². The lowest BCUT2D eigenvalue weighted by atomic mass is 9.92. The van der Waals surface area contributed by atoms with Crippen molar-refractivity contribution in [3.63, 3.8) is 0 Å². The van der Waals surface area contributed by atoms with Crippen LogP contribution in [0.5, 0.6) is 0 Å². The van der Waals surface area contributed by atoms with E-state index in [4.69, 9.17) is 4.74 Å². The standard InChI is InChI=1S/C14H26O4S/c1-5-18-13(16)8-7-11(14(17)19-6-2)12(15)9-10(3)4/h10-12,15H,5-9H2,1-4H3/t11-,12-/m1/s1. The van der Waals surface area contributed by atoms with E-state index in [-0.39, 0.29) is 17.5 Å². The van der Waals surface area contributed by atoms with Gasteiger partial charge in [-0.2, -0.15) is 0 Å². The van der Waals surface area contributed by atoms with Crippen LogP contribution in [-0.4, -0.2) is 34.7 Å². The summed E-state index contributed by atoms with van der Waals surface area (Å²) in [4.78, 5) is 23.3. The van der Waals surface area contributed by atoms with E-state index in [0.717, 1.165) is 0 Å². The molecule has 2 atom stereocenters.